The number of carbonyl (C=O) groups excluding carboxylic acids is 2. The van der Waals surface area contributed by atoms with Crippen molar-refractivity contribution in [2.75, 3.05) is 13.9 Å². The van der Waals surface area contributed by atoms with Crippen LogP contribution in [0.15, 0.2) is 42.6 Å². The number of fused-ring (bicyclic) bond motifs is 2. The molecule has 156 valence electrons. The van der Waals surface area contributed by atoms with Crippen molar-refractivity contribution >= 4 is 37.3 Å². The number of benzene rings is 2. The maximum Gasteiger partial charge on any atom is 0.265 e. The van der Waals surface area contributed by atoms with Crippen LogP contribution in [0.5, 0.6) is 11.5 Å². The number of rotatable bonds is 5. The van der Waals surface area contributed by atoms with Gasteiger partial charge in [-0.2, -0.15) is 0 Å². The van der Waals surface area contributed by atoms with Gasteiger partial charge in [0.1, 0.15) is 16.8 Å². The Morgan fingerprint density at radius 3 is 2.40 bits per heavy atom. The molecular weight excluding hydrogens is 403 g/mol. The van der Waals surface area contributed by atoms with Gasteiger partial charge < -0.3 is 14.6 Å². The standard InChI is InChI=1S/C20H17N2O5P.C2H6/c1-26-10-27-18-15-14(17(23)13-3-2-8-21-16(13)18)19(24)22(20(15)25)9-11-4-6-12(28)7-5-11;1-2/h2-8,23H,9-10,28H2,1H3;1-2H3. The van der Waals surface area contributed by atoms with E-state index in [9.17, 15) is 14.7 Å². The van der Waals surface area contributed by atoms with Crippen LogP contribution in [0.4, 0.5) is 0 Å². The zero-order chi connectivity index (χ0) is 21.8. The predicted octanol–water partition coefficient (Wildman–Crippen LogP) is 3.25. The zero-order valence-corrected chi connectivity index (χ0v) is 18.2. The first-order valence-electron chi connectivity index (χ1n) is 9.49. The lowest BCUT2D eigenvalue weighted by atomic mass is 10.0. The van der Waals surface area contributed by atoms with Gasteiger partial charge >= 0.3 is 0 Å². The van der Waals surface area contributed by atoms with Crippen LogP contribution in [0.3, 0.4) is 0 Å². The molecule has 4 rings (SSSR count). The normalized spacial score (nSPS) is 12.6. The van der Waals surface area contributed by atoms with Crippen molar-refractivity contribution in [1.82, 2.24) is 9.88 Å². The molecule has 0 spiro atoms. The van der Waals surface area contributed by atoms with Crippen molar-refractivity contribution in [1.29, 1.82) is 0 Å². The number of methoxy groups -OCH3 is 1. The second-order valence-electron chi connectivity index (χ2n) is 6.32. The highest BCUT2D eigenvalue weighted by atomic mass is 31.0. The molecule has 1 aliphatic rings. The maximum atomic E-state index is 13.1. The van der Waals surface area contributed by atoms with Gasteiger partial charge in [-0.15, -0.1) is 9.24 Å². The number of amides is 2. The monoisotopic (exact) mass is 426 g/mol. The van der Waals surface area contributed by atoms with E-state index in [4.69, 9.17) is 9.47 Å². The summed E-state index contributed by atoms with van der Waals surface area (Å²) in [7, 11) is 4.03. The molecule has 2 amide bonds. The van der Waals surface area contributed by atoms with E-state index in [1.165, 1.54) is 13.3 Å². The third kappa shape index (κ3) is 3.74. The number of hydrogen-bond donors (Lipinski definition) is 1. The highest BCUT2D eigenvalue weighted by molar-refractivity contribution is 7.27. The van der Waals surface area contributed by atoms with Gasteiger partial charge in [0, 0.05) is 18.7 Å². The number of phenolic OH excluding ortho intramolecular Hbond substituents is 1. The highest BCUT2D eigenvalue weighted by Crippen LogP contribution is 2.43. The van der Waals surface area contributed by atoms with Crippen LogP contribution in [0.25, 0.3) is 10.9 Å². The smallest absolute Gasteiger partial charge is 0.265 e. The minimum atomic E-state index is -0.569. The third-order valence-electron chi connectivity index (χ3n) is 4.55. The van der Waals surface area contributed by atoms with Gasteiger partial charge in [0.15, 0.2) is 12.5 Å². The predicted molar refractivity (Wildman–Crippen MR) is 117 cm³/mol. The molecule has 2 aromatic carbocycles. The first-order chi connectivity index (χ1) is 14.5. The Labute approximate surface area is 176 Å². The van der Waals surface area contributed by atoms with E-state index < -0.39 is 11.8 Å². The van der Waals surface area contributed by atoms with Crippen LogP contribution in [-0.4, -0.2) is 40.7 Å². The summed E-state index contributed by atoms with van der Waals surface area (Å²) in [6.45, 7) is 3.96. The lowest BCUT2D eigenvalue weighted by Gasteiger charge is -2.14. The van der Waals surface area contributed by atoms with Gasteiger partial charge in [0.25, 0.3) is 11.8 Å². The van der Waals surface area contributed by atoms with Crippen LogP contribution in [0.1, 0.15) is 40.1 Å². The molecule has 1 atom stereocenters. The van der Waals surface area contributed by atoms with Crippen LogP contribution >= 0.6 is 9.24 Å². The van der Waals surface area contributed by atoms with Gasteiger partial charge in [0.05, 0.1) is 12.1 Å². The lowest BCUT2D eigenvalue weighted by molar-refractivity contribution is 0.0505. The Hall–Kier alpha value is -3.02. The lowest BCUT2D eigenvalue weighted by Crippen LogP contribution is -2.29. The summed E-state index contributed by atoms with van der Waals surface area (Å²) >= 11 is 0. The molecule has 1 unspecified atom stereocenters. The first-order valence-corrected chi connectivity index (χ1v) is 10.1. The molecule has 0 saturated heterocycles. The number of imide groups is 1. The second-order valence-corrected chi connectivity index (χ2v) is 6.98. The SMILES string of the molecule is CC.COCOc1c2c(c(O)c3cccnc13)C(=O)N(Cc1ccc(P)cc1)C2=O. The van der Waals surface area contributed by atoms with Crippen molar-refractivity contribution in [3.8, 4) is 11.5 Å². The van der Waals surface area contributed by atoms with Gasteiger partial charge in [0.2, 0.25) is 0 Å². The Morgan fingerprint density at radius 2 is 1.73 bits per heavy atom. The van der Waals surface area contributed by atoms with Crippen LogP contribution in [0.2, 0.25) is 0 Å². The van der Waals surface area contributed by atoms with Crippen LogP contribution in [0, 0.1) is 0 Å². The minimum Gasteiger partial charge on any atom is -0.506 e. The Bertz CT molecular complexity index is 1100. The Balaban J connectivity index is 0.00000124. The fourth-order valence-electron chi connectivity index (χ4n) is 3.24. The maximum absolute atomic E-state index is 13.1. The van der Waals surface area contributed by atoms with E-state index in [-0.39, 0.29) is 36.0 Å². The molecule has 2 heterocycles. The summed E-state index contributed by atoms with van der Waals surface area (Å²) in [5.74, 6) is -1.25. The second kappa shape index (κ2) is 9.20. The Kier molecular flexibility index (Phi) is 6.65. The zero-order valence-electron chi connectivity index (χ0n) is 17.0. The molecule has 1 aliphatic heterocycles. The molecule has 0 saturated carbocycles. The van der Waals surface area contributed by atoms with E-state index in [1.54, 1.807) is 12.1 Å². The fraction of sp³-hybridized carbons (Fsp3) is 0.227. The summed E-state index contributed by atoms with van der Waals surface area (Å²) in [6, 6.07) is 10.7. The van der Waals surface area contributed by atoms with Crippen molar-refractivity contribution in [2.24, 2.45) is 0 Å². The molecule has 0 bridgehead atoms. The van der Waals surface area contributed by atoms with Gasteiger partial charge in [-0.1, -0.05) is 38.1 Å². The largest absolute Gasteiger partial charge is 0.506 e. The number of pyridine rings is 1. The number of aromatic hydroxyl groups is 1. The molecule has 0 fully saturated rings. The molecule has 1 N–H and O–H groups in total. The average Bonchev–Trinajstić information content (AvgIpc) is 3.02. The fourth-order valence-corrected chi connectivity index (χ4v) is 3.44. The van der Waals surface area contributed by atoms with Gasteiger partial charge in [-0.3, -0.25) is 19.5 Å². The third-order valence-corrected chi connectivity index (χ3v) is 4.94. The van der Waals surface area contributed by atoms with E-state index in [1.807, 2.05) is 38.1 Å². The quantitative estimate of drug-likeness (QED) is 0.383. The van der Waals surface area contributed by atoms with Gasteiger partial charge in [-0.25, -0.2) is 0 Å². The van der Waals surface area contributed by atoms with E-state index in [0.29, 0.717) is 10.9 Å². The topological polar surface area (TPSA) is 89.0 Å². The molecular formula is C22H23N2O5P. The van der Waals surface area contributed by atoms with E-state index in [2.05, 4.69) is 14.2 Å². The molecule has 30 heavy (non-hydrogen) atoms. The molecule has 3 aromatic rings. The average molecular weight is 426 g/mol. The number of nitrogens with zero attached hydrogens (tertiary/aromatic N) is 2. The van der Waals surface area contributed by atoms with Crippen molar-refractivity contribution < 1.29 is 24.2 Å². The first kappa shape index (κ1) is 21.7. The summed E-state index contributed by atoms with van der Waals surface area (Å²) in [5, 5.41) is 12.0. The van der Waals surface area contributed by atoms with Gasteiger partial charge in [-0.05, 0) is 23.0 Å². The summed E-state index contributed by atoms with van der Waals surface area (Å²) in [4.78, 5) is 31.4. The van der Waals surface area contributed by atoms with Crippen molar-refractivity contribution in [2.45, 2.75) is 20.4 Å². The highest BCUT2D eigenvalue weighted by Gasteiger charge is 2.42. The van der Waals surface area contributed by atoms with Crippen LogP contribution < -0.4 is 10.0 Å². The molecule has 0 radical (unpaired) electrons. The number of aromatic nitrogens is 1. The van der Waals surface area contributed by atoms with Crippen molar-refractivity contribution in [3.05, 3.63) is 59.3 Å². The number of hydrogen-bond acceptors (Lipinski definition) is 6. The molecule has 7 nitrogen and oxygen atoms in total. The summed E-state index contributed by atoms with van der Waals surface area (Å²) < 4.78 is 10.6. The Morgan fingerprint density at radius 1 is 1.07 bits per heavy atom. The van der Waals surface area contributed by atoms with E-state index in [0.717, 1.165) is 15.8 Å². The molecule has 8 heteroatoms. The van der Waals surface area contributed by atoms with Crippen molar-refractivity contribution in [3.63, 3.8) is 0 Å². The number of carbonyl (C=O) groups is 2. The summed E-state index contributed by atoms with van der Waals surface area (Å²) in [6.07, 6.45) is 1.52. The molecule has 0 aliphatic carbocycles. The number of phenols is 1. The van der Waals surface area contributed by atoms with E-state index >= 15 is 0 Å². The van der Waals surface area contributed by atoms with Crippen LogP contribution in [-0.2, 0) is 11.3 Å². The minimum absolute atomic E-state index is 0.00779. The molecule has 1 aromatic heterocycles. The summed E-state index contributed by atoms with van der Waals surface area (Å²) in [5.41, 5.74) is 1.03. The number of ether oxygens (including phenoxy) is 2.